The van der Waals surface area contributed by atoms with Crippen molar-refractivity contribution in [1.82, 2.24) is 10.2 Å². The molecule has 100 valence electrons. The fourth-order valence-electron chi connectivity index (χ4n) is 2.73. The number of rotatable bonds is 4. The van der Waals surface area contributed by atoms with Crippen LogP contribution in [0.25, 0.3) is 0 Å². The molecular weight excluding hydrogens is 236 g/mol. The average Bonchev–Trinajstić information content (AvgIpc) is 2.25. The number of hydrogen-bond donors (Lipinski definition) is 1. The smallest absolute Gasteiger partial charge is 0.222 e. The van der Waals surface area contributed by atoms with Crippen LogP contribution < -0.4 is 5.32 Å². The zero-order valence-corrected chi connectivity index (χ0v) is 11.6. The summed E-state index contributed by atoms with van der Waals surface area (Å²) < 4.78 is 0. The minimum Gasteiger partial charge on any atom is -0.340 e. The van der Waals surface area contributed by atoms with Gasteiger partial charge >= 0.3 is 0 Å². The predicted molar refractivity (Wildman–Crippen MR) is 72.5 cm³/mol. The van der Waals surface area contributed by atoms with Crippen molar-refractivity contribution in [2.75, 3.05) is 20.1 Å². The quantitative estimate of drug-likeness (QED) is 0.841. The van der Waals surface area contributed by atoms with E-state index in [-0.39, 0.29) is 12.4 Å². The summed E-state index contributed by atoms with van der Waals surface area (Å²) in [5.74, 6) is 1.17. The van der Waals surface area contributed by atoms with Gasteiger partial charge in [-0.2, -0.15) is 0 Å². The van der Waals surface area contributed by atoms with Crippen molar-refractivity contribution in [2.45, 2.75) is 51.0 Å². The summed E-state index contributed by atoms with van der Waals surface area (Å²) in [4.78, 5) is 13.9. The van der Waals surface area contributed by atoms with Crippen molar-refractivity contribution in [3.8, 4) is 0 Å². The third-order valence-corrected chi connectivity index (χ3v) is 4.19. The second-order valence-corrected chi connectivity index (χ2v) is 5.36. The highest BCUT2D eigenvalue weighted by Gasteiger charge is 2.25. The number of nitrogens with one attached hydrogen (secondary N) is 1. The molecule has 17 heavy (non-hydrogen) atoms. The minimum absolute atomic E-state index is 0. The first-order valence-electron chi connectivity index (χ1n) is 6.74. The maximum absolute atomic E-state index is 11.9. The van der Waals surface area contributed by atoms with Gasteiger partial charge in [0.05, 0.1) is 6.04 Å². The molecule has 1 aliphatic heterocycles. The molecule has 2 rings (SSSR count). The molecule has 1 N–H and O–H groups in total. The minimum atomic E-state index is 0. The lowest BCUT2D eigenvalue weighted by molar-refractivity contribution is -0.133. The summed E-state index contributed by atoms with van der Waals surface area (Å²) in [7, 11) is 1.95. The van der Waals surface area contributed by atoms with Gasteiger partial charge in [-0.05, 0) is 12.3 Å². The second kappa shape index (κ2) is 7.22. The third-order valence-electron chi connectivity index (χ3n) is 4.19. The molecule has 0 atom stereocenters. The van der Waals surface area contributed by atoms with Crippen LogP contribution in [0.4, 0.5) is 0 Å². The van der Waals surface area contributed by atoms with Gasteiger partial charge in [0.25, 0.3) is 0 Å². The van der Waals surface area contributed by atoms with Crippen molar-refractivity contribution in [3.63, 3.8) is 0 Å². The van der Waals surface area contributed by atoms with Crippen LogP contribution in [0.3, 0.4) is 0 Å². The fraction of sp³-hybridized carbons (Fsp3) is 0.923. The first-order chi connectivity index (χ1) is 7.77. The van der Waals surface area contributed by atoms with Gasteiger partial charge in [0.15, 0.2) is 0 Å². The van der Waals surface area contributed by atoms with Gasteiger partial charge in [0.2, 0.25) is 5.91 Å². The zero-order chi connectivity index (χ0) is 11.4. The molecule has 0 radical (unpaired) electrons. The van der Waals surface area contributed by atoms with Crippen molar-refractivity contribution in [2.24, 2.45) is 5.92 Å². The van der Waals surface area contributed by atoms with Gasteiger partial charge < -0.3 is 10.2 Å². The molecule has 1 heterocycles. The molecule has 1 saturated carbocycles. The SMILES string of the molecule is CN(C(=O)CCC1CCCCC1)C1CNC1.Cl. The standard InChI is InChI=1S/C13H24N2O.ClH/c1-15(12-9-14-10-12)13(16)8-7-11-5-3-2-4-6-11;/h11-12,14H,2-10H2,1H3;1H. The summed E-state index contributed by atoms with van der Waals surface area (Å²) >= 11 is 0. The number of carbonyl (C=O) groups is 1. The van der Waals surface area contributed by atoms with E-state index < -0.39 is 0 Å². The summed E-state index contributed by atoms with van der Waals surface area (Å²) in [6.45, 7) is 1.96. The molecule has 3 nitrogen and oxygen atoms in total. The number of nitrogens with zero attached hydrogens (tertiary/aromatic N) is 1. The topological polar surface area (TPSA) is 32.3 Å². The lowest BCUT2D eigenvalue weighted by Crippen LogP contribution is -2.57. The first-order valence-corrected chi connectivity index (χ1v) is 6.74. The Morgan fingerprint density at radius 1 is 1.24 bits per heavy atom. The van der Waals surface area contributed by atoms with E-state index in [1.54, 1.807) is 0 Å². The van der Waals surface area contributed by atoms with Crippen LogP contribution in [0, 0.1) is 5.92 Å². The van der Waals surface area contributed by atoms with E-state index in [4.69, 9.17) is 0 Å². The van der Waals surface area contributed by atoms with Gasteiger partial charge in [0.1, 0.15) is 0 Å². The van der Waals surface area contributed by atoms with E-state index in [0.717, 1.165) is 31.8 Å². The highest BCUT2D eigenvalue weighted by atomic mass is 35.5. The molecule has 2 aliphatic rings. The van der Waals surface area contributed by atoms with Crippen LogP contribution in [0.15, 0.2) is 0 Å². The van der Waals surface area contributed by atoms with Crippen LogP contribution in [0.2, 0.25) is 0 Å². The highest BCUT2D eigenvalue weighted by Crippen LogP contribution is 2.27. The van der Waals surface area contributed by atoms with Crippen LogP contribution in [0.5, 0.6) is 0 Å². The average molecular weight is 261 g/mol. The molecule has 2 fully saturated rings. The number of hydrogen-bond acceptors (Lipinski definition) is 2. The van der Waals surface area contributed by atoms with E-state index in [1.165, 1.54) is 32.1 Å². The lowest BCUT2D eigenvalue weighted by atomic mass is 9.86. The molecule has 0 aromatic heterocycles. The maximum atomic E-state index is 11.9. The Labute approximate surface area is 111 Å². The summed E-state index contributed by atoms with van der Waals surface area (Å²) in [5, 5.41) is 3.21. The molecule has 4 heteroatoms. The Morgan fingerprint density at radius 2 is 1.88 bits per heavy atom. The van der Waals surface area contributed by atoms with Crippen molar-refractivity contribution in [1.29, 1.82) is 0 Å². The predicted octanol–water partition coefficient (Wildman–Crippen LogP) is 2.20. The van der Waals surface area contributed by atoms with Gasteiger partial charge in [-0.15, -0.1) is 12.4 Å². The van der Waals surface area contributed by atoms with E-state index in [0.29, 0.717) is 11.9 Å². The van der Waals surface area contributed by atoms with Gasteiger partial charge in [-0.25, -0.2) is 0 Å². The van der Waals surface area contributed by atoms with Crippen LogP contribution in [-0.4, -0.2) is 37.0 Å². The first kappa shape index (κ1) is 14.8. The molecular formula is C13H25ClN2O. The summed E-state index contributed by atoms with van der Waals surface area (Å²) in [6.07, 6.45) is 8.73. The van der Waals surface area contributed by atoms with Gasteiger partial charge in [-0.3, -0.25) is 4.79 Å². The molecule has 0 unspecified atom stereocenters. The van der Waals surface area contributed by atoms with Crippen LogP contribution in [0.1, 0.15) is 44.9 Å². The molecule has 1 amide bonds. The molecule has 0 aromatic carbocycles. The largest absolute Gasteiger partial charge is 0.340 e. The van der Waals surface area contributed by atoms with Crippen molar-refractivity contribution >= 4 is 18.3 Å². The Kier molecular flexibility index (Phi) is 6.28. The van der Waals surface area contributed by atoms with Crippen molar-refractivity contribution in [3.05, 3.63) is 0 Å². The number of halogens is 1. The number of likely N-dealkylation sites (N-methyl/N-ethyl adjacent to an activating group) is 1. The fourth-order valence-corrected chi connectivity index (χ4v) is 2.73. The Balaban J connectivity index is 0.00000144. The van der Waals surface area contributed by atoms with E-state index >= 15 is 0 Å². The molecule has 0 spiro atoms. The number of amides is 1. The highest BCUT2D eigenvalue weighted by molar-refractivity contribution is 5.85. The van der Waals surface area contributed by atoms with Crippen LogP contribution in [-0.2, 0) is 4.79 Å². The Bertz CT molecular complexity index is 238. The lowest BCUT2D eigenvalue weighted by Gasteiger charge is -2.36. The second-order valence-electron chi connectivity index (χ2n) is 5.36. The summed E-state index contributed by atoms with van der Waals surface area (Å²) in [6, 6.07) is 0.457. The van der Waals surface area contributed by atoms with Crippen molar-refractivity contribution < 1.29 is 4.79 Å². The zero-order valence-electron chi connectivity index (χ0n) is 10.8. The third kappa shape index (κ3) is 4.14. The van der Waals surface area contributed by atoms with Gasteiger partial charge in [0, 0.05) is 26.6 Å². The maximum Gasteiger partial charge on any atom is 0.222 e. The molecule has 1 saturated heterocycles. The van der Waals surface area contributed by atoms with Gasteiger partial charge in [-0.1, -0.05) is 32.1 Å². The number of carbonyl (C=O) groups excluding carboxylic acids is 1. The van der Waals surface area contributed by atoms with E-state index in [1.807, 2.05) is 11.9 Å². The van der Waals surface area contributed by atoms with E-state index in [2.05, 4.69) is 5.32 Å². The summed E-state index contributed by atoms with van der Waals surface area (Å²) in [5.41, 5.74) is 0. The van der Waals surface area contributed by atoms with Crippen LogP contribution >= 0.6 is 12.4 Å². The normalized spacial score (nSPS) is 21.5. The molecule has 0 bridgehead atoms. The molecule has 0 aromatic rings. The monoisotopic (exact) mass is 260 g/mol. The molecule has 1 aliphatic carbocycles. The van der Waals surface area contributed by atoms with E-state index in [9.17, 15) is 4.79 Å². The Morgan fingerprint density at radius 3 is 2.41 bits per heavy atom. The Hall–Kier alpha value is -0.280.